The fraction of sp³-hybridized carbons (Fsp3) is 0.371. The molecule has 0 unspecified atom stereocenters. The fourth-order valence-corrected chi connectivity index (χ4v) is 6.38. The standard InChI is InChI=1S/C35H42N4O6S/c1-21(2)17-30(32(36)40)38-34(42)31(20-46-19-23-13-15-24(44-4)16-14-23)39-33(41)22(3)37-35(43)45-18-29-27-11-7-5-9-25(27)26-10-6-8-12-28(26)29/h5-16,21-22,29-31H,17-20H2,1-4H3,(H2,36,40)(H,37,43)(H,38,42)(H,39,41)/t22-,30-,31-/m0/s1. The normalized spacial score (nSPS) is 13.9. The minimum Gasteiger partial charge on any atom is -0.497 e. The SMILES string of the molecule is COc1ccc(CSC[C@H](NC(=O)[C@H](C)NC(=O)OCC2c3ccccc3-c3ccccc32)C(=O)N[C@@H](CC(C)C)C(N)=O)cc1. The molecule has 0 saturated heterocycles. The van der Waals surface area contributed by atoms with E-state index in [9.17, 15) is 19.2 Å². The molecule has 3 aromatic rings. The molecule has 3 aromatic carbocycles. The van der Waals surface area contributed by atoms with E-state index in [1.807, 2.05) is 74.5 Å². The van der Waals surface area contributed by atoms with Crippen molar-refractivity contribution in [2.75, 3.05) is 19.5 Å². The van der Waals surface area contributed by atoms with E-state index >= 15 is 0 Å². The molecule has 1 aliphatic rings. The Morgan fingerprint density at radius 1 is 0.804 bits per heavy atom. The van der Waals surface area contributed by atoms with E-state index in [4.69, 9.17) is 15.2 Å². The van der Waals surface area contributed by atoms with Gasteiger partial charge in [-0.05, 0) is 59.2 Å². The number of carbonyl (C=O) groups is 4. The van der Waals surface area contributed by atoms with Crippen LogP contribution in [-0.2, 0) is 24.9 Å². The summed E-state index contributed by atoms with van der Waals surface area (Å²) >= 11 is 1.44. The summed E-state index contributed by atoms with van der Waals surface area (Å²) in [6.07, 6.45) is -0.384. The van der Waals surface area contributed by atoms with Crippen LogP contribution in [0.2, 0.25) is 0 Å². The lowest BCUT2D eigenvalue weighted by atomic mass is 9.98. The lowest BCUT2D eigenvalue weighted by molar-refractivity contribution is -0.131. The number of hydrogen-bond acceptors (Lipinski definition) is 7. The quantitative estimate of drug-likeness (QED) is 0.192. The Bertz CT molecular complexity index is 1480. The van der Waals surface area contributed by atoms with E-state index in [-0.39, 0.29) is 24.2 Å². The highest BCUT2D eigenvalue weighted by Gasteiger charge is 2.31. The molecule has 0 saturated carbocycles. The molecular formula is C35H42N4O6S. The summed E-state index contributed by atoms with van der Waals surface area (Å²) < 4.78 is 10.8. The van der Waals surface area contributed by atoms with Crippen LogP contribution in [0.5, 0.6) is 5.75 Å². The van der Waals surface area contributed by atoms with Crippen molar-refractivity contribution in [3.05, 3.63) is 89.5 Å². The van der Waals surface area contributed by atoms with E-state index in [2.05, 4.69) is 28.1 Å². The minimum atomic E-state index is -1.000. The van der Waals surface area contributed by atoms with Crippen molar-refractivity contribution in [3.63, 3.8) is 0 Å². The molecule has 0 radical (unpaired) electrons. The number of primary amides is 1. The molecular weight excluding hydrogens is 604 g/mol. The van der Waals surface area contributed by atoms with Gasteiger partial charge in [0, 0.05) is 17.4 Å². The number of benzene rings is 3. The molecule has 10 nitrogen and oxygen atoms in total. The number of ether oxygens (including phenoxy) is 2. The van der Waals surface area contributed by atoms with Crippen LogP contribution in [0.15, 0.2) is 72.8 Å². The molecule has 5 N–H and O–H groups in total. The Kier molecular flexibility index (Phi) is 12.1. The predicted octanol–water partition coefficient (Wildman–Crippen LogP) is 4.36. The van der Waals surface area contributed by atoms with Crippen LogP contribution in [0, 0.1) is 5.92 Å². The topological polar surface area (TPSA) is 149 Å². The first-order valence-electron chi connectivity index (χ1n) is 15.3. The first-order valence-corrected chi connectivity index (χ1v) is 16.4. The number of methoxy groups -OCH3 is 1. The van der Waals surface area contributed by atoms with Crippen molar-refractivity contribution < 1.29 is 28.7 Å². The van der Waals surface area contributed by atoms with Crippen LogP contribution in [-0.4, -0.2) is 61.4 Å². The third kappa shape index (κ3) is 9.03. The third-order valence-electron chi connectivity index (χ3n) is 7.78. The summed E-state index contributed by atoms with van der Waals surface area (Å²) in [5.41, 5.74) is 10.9. The molecule has 4 rings (SSSR count). The fourth-order valence-electron chi connectivity index (χ4n) is 5.37. The highest BCUT2D eigenvalue weighted by atomic mass is 32.2. The van der Waals surface area contributed by atoms with Gasteiger partial charge in [-0.25, -0.2) is 4.79 Å². The summed E-state index contributed by atoms with van der Waals surface area (Å²) in [6, 6.07) is 20.7. The van der Waals surface area contributed by atoms with Gasteiger partial charge in [-0.3, -0.25) is 14.4 Å². The van der Waals surface area contributed by atoms with Crippen LogP contribution < -0.4 is 26.4 Å². The maximum absolute atomic E-state index is 13.3. The van der Waals surface area contributed by atoms with Crippen LogP contribution >= 0.6 is 11.8 Å². The number of nitrogens with two attached hydrogens (primary N) is 1. The number of carbonyl (C=O) groups excluding carboxylic acids is 4. The highest BCUT2D eigenvalue weighted by Crippen LogP contribution is 2.44. The second-order valence-electron chi connectivity index (χ2n) is 11.7. The van der Waals surface area contributed by atoms with E-state index in [1.54, 1.807) is 7.11 Å². The van der Waals surface area contributed by atoms with E-state index in [0.29, 0.717) is 12.2 Å². The van der Waals surface area contributed by atoms with Crippen molar-refractivity contribution >= 4 is 35.6 Å². The summed E-state index contributed by atoms with van der Waals surface area (Å²) in [5, 5.41) is 8.00. The average Bonchev–Trinajstić information content (AvgIpc) is 3.36. The van der Waals surface area contributed by atoms with Crippen LogP contribution in [0.3, 0.4) is 0 Å². The monoisotopic (exact) mass is 646 g/mol. The van der Waals surface area contributed by atoms with Gasteiger partial charge in [0.25, 0.3) is 0 Å². The average molecular weight is 647 g/mol. The zero-order chi connectivity index (χ0) is 33.2. The zero-order valence-electron chi connectivity index (χ0n) is 26.6. The van der Waals surface area contributed by atoms with Gasteiger partial charge in [0.15, 0.2) is 0 Å². The smallest absolute Gasteiger partial charge is 0.407 e. The van der Waals surface area contributed by atoms with Crippen molar-refractivity contribution in [1.29, 1.82) is 0 Å². The maximum atomic E-state index is 13.3. The first kappa shape index (κ1) is 34.4. The molecule has 0 aliphatic heterocycles. The highest BCUT2D eigenvalue weighted by molar-refractivity contribution is 7.98. The molecule has 4 amide bonds. The molecule has 0 bridgehead atoms. The molecule has 11 heteroatoms. The Hall–Kier alpha value is -4.51. The van der Waals surface area contributed by atoms with E-state index in [0.717, 1.165) is 33.6 Å². The number of rotatable bonds is 15. The molecule has 0 spiro atoms. The van der Waals surface area contributed by atoms with Gasteiger partial charge in [0.2, 0.25) is 17.7 Å². The van der Waals surface area contributed by atoms with Crippen molar-refractivity contribution in [2.24, 2.45) is 11.7 Å². The molecule has 0 fully saturated rings. The Balaban J connectivity index is 1.36. The van der Waals surface area contributed by atoms with Gasteiger partial charge < -0.3 is 31.2 Å². The molecule has 46 heavy (non-hydrogen) atoms. The number of nitrogens with one attached hydrogen (secondary N) is 3. The number of thioether (sulfide) groups is 1. The summed E-state index contributed by atoms with van der Waals surface area (Å²) in [5.74, 6) is -0.246. The number of fused-ring (bicyclic) bond motifs is 3. The summed E-state index contributed by atoms with van der Waals surface area (Å²) in [4.78, 5) is 51.4. The number of hydrogen-bond donors (Lipinski definition) is 4. The Morgan fingerprint density at radius 3 is 1.96 bits per heavy atom. The maximum Gasteiger partial charge on any atom is 0.407 e. The predicted molar refractivity (Wildman–Crippen MR) is 179 cm³/mol. The Morgan fingerprint density at radius 2 is 1.39 bits per heavy atom. The van der Waals surface area contributed by atoms with Gasteiger partial charge in [0.1, 0.15) is 30.5 Å². The van der Waals surface area contributed by atoms with Crippen molar-refractivity contribution in [2.45, 2.75) is 57.0 Å². The largest absolute Gasteiger partial charge is 0.497 e. The zero-order valence-corrected chi connectivity index (χ0v) is 27.4. The van der Waals surface area contributed by atoms with Crippen molar-refractivity contribution in [3.8, 4) is 16.9 Å². The first-order chi connectivity index (χ1) is 22.1. The number of alkyl carbamates (subject to hydrolysis) is 1. The number of amides is 4. The Labute approximate surface area is 274 Å². The third-order valence-corrected chi connectivity index (χ3v) is 8.89. The molecule has 244 valence electrons. The molecule has 1 aliphatic carbocycles. The lowest BCUT2D eigenvalue weighted by Gasteiger charge is -2.24. The van der Waals surface area contributed by atoms with Gasteiger partial charge in [-0.1, -0.05) is 74.5 Å². The van der Waals surface area contributed by atoms with Gasteiger partial charge >= 0.3 is 6.09 Å². The van der Waals surface area contributed by atoms with E-state index < -0.39 is 41.9 Å². The van der Waals surface area contributed by atoms with Crippen LogP contribution in [0.1, 0.15) is 49.8 Å². The van der Waals surface area contributed by atoms with Crippen molar-refractivity contribution in [1.82, 2.24) is 16.0 Å². The summed E-state index contributed by atoms with van der Waals surface area (Å²) in [7, 11) is 1.59. The molecule has 0 heterocycles. The van der Waals surface area contributed by atoms with Crippen LogP contribution in [0.4, 0.5) is 4.79 Å². The lowest BCUT2D eigenvalue weighted by Crippen LogP contribution is -2.57. The van der Waals surface area contributed by atoms with Crippen LogP contribution in [0.25, 0.3) is 11.1 Å². The molecule has 0 aromatic heterocycles. The van der Waals surface area contributed by atoms with Gasteiger partial charge in [-0.2, -0.15) is 11.8 Å². The minimum absolute atomic E-state index is 0.103. The second kappa shape index (κ2) is 16.2. The van der Waals surface area contributed by atoms with E-state index in [1.165, 1.54) is 18.7 Å². The van der Waals surface area contributed by atoms with Gasteiger partial charge in [-0.15, -0.1) is 0 Å². The molecule has 3 atom stereocenters. The second-order valence-corrected chi connectivity index (χ2v) is 12.7. The van der Waals surface area contributed by atoms with Gasteiger partial charge in [0.05, 0.1) is 7.11 Å². The summed E-state index contributed by atoms with van der Waals surface area (Å²) in [6.45, 7) is 5.46.